The summed E-state index contributed by atoms with van der Waals surface area (Å²) in [6.45, 7) is 4.24. The number of benzene rings is 1. The lowest BCUT2D eigenvalue weighted by molar-refractivity contribution is -0.274. The van der Waals surface area contributed by atoms with Crippen molar-refractivity contribution in [3.63, 3.8) is 0 Å². The molecule has 1 N–H and O–H groups in total. The molecule has 0 atom stereocenters. The molecular formula is C14H14F3N3O. The van der Waals surface area contributed by atoms with Crippen molar-refractivity contribution in [1.82, 2.24) is 9.97 Å². The minimum absolute atomic E-state index is 0.263. The number of para-hydroxylation sites is 1. The molecule has 0 saturated heterocycles. The van der Waals surface area contributed by atoms with E-state index in [2.05, 4.69) is 20.0 Å². The van der Waals surface area contributed by atoms with Crippen molar-refractivity contribution in [3.8, 4) is 17.0 Å². The van der Waals surface area contributed by atoms with Crippen LogP contribution < -0.4 is 10.1 Å². The van der Waals surface area contributed by atoms with Gasteiger partial charge < -0.3 is 10.1 Å². The van der Waals surface area contributed by atoms with E-state index >= 15 is 0 Å². The maximum atomic E-state index is 12.4. The fourth-order valence-corrected chi connectivity index (χ4v) is 1.84. The van der Waals surface area contributed by atoms with Crippen molar-refractivity contribution in [2.24, 2.45) is 0 Å². The molecule has 112 valence electrons. The molecule has 0 fully saturated rings. The number of hydrogen-bond donors (Lipinski definition) is 1. The average Bonchev–Trinajstić information content (AvgIpc) is 2.37. The zero-order chi connectivity index (χ0) is 15.5. The maximum Gasteiger partial charge on any atom is 0.573 e. The predicted molar refractivity (Wildman–Crippen MR) is 73.1 cm³/mol. The molecule has 0 saturated carbocycles. The molecule has 0 aliphatic carbocycles. The number of halogens is 3. The Balaban J connectivity index is 2.46. The van der Waals surface area contributed by atoms with Crippen molar-refractivity contribution >= 4 is 5.95 Å². The number of nitrogens with zero attached hydrogens (tertiary/aromatic N) is 2. The Bertz CT molecular complexity index is 629. The van der Waals surface area contributed by atoms with Crippen molar-refractivity contribution in [2.75, 3.05) is 11.9 Å². The normalized spacial score (nSPS) is 11.3. The Labute approximate surface area is 120 Å². The van der Waals surface area contributed by atoms with Gasteiger partial charge in [-0.3, -0.25) is 0 Å². The summed E-state index contributed by atoms with van der Waals surface area (Å²) in [4.78, 5) is 8.38. The molecule has 0 spiro atoms. The van der Waals surface area contributed by atoms with Gasteiger partial charge in [-0.2, -0.15) is 0 Å². The Kier molecular flexibility index (Phi) is 4.30. The van der Waals surface area contributed by atoms with Crippen LogP contribution in [0.4, 0.5) is 19.1 Å². The molecule has 0 radical (unpaired) electrons. The average molecular weight is 297 g/mol. The first-order valence-electron chi connectivity index (χ1n) is 6.33. The third-order valence-corrected chi connectivity index (χ3v) is 2.58. The van der Waals surface area contributed by atoms with Crippen LogP contribution in [0.3, 0.4) is 0 Å². The highest BCUT2D eigenvalue weighted by atomic mass is 19.4. The van der Waals surface area contributed by atoms with Crippen LogP contribution in [0.25, 0.3) is 11.3 Å². The molecule has 0 bridgehead atoms. The molecule has 0 amide bonds. The van der Waals surface area contributed by atoms with Crippen LogP contribution in [0.15, 0.2) is 30.3 Å². The zero-order valence-electron chi connectivity index (χ0n) is 11.5. The highest BCUT2D eigenvalue weighted by Crippen LogP contribution is 2.33. The van der Waals surface area contributed by atoms with E-state index in [1.165, 1.54) is 18.2 Å². The van der Waals surface area contributed by atoms with E-state index < -0.39 is 6.36 Å². The largest absolute Gasteiger partial charge is 0.573 e. The molecule has 1 aromatic heterocycles. The molecule has 2 rings (SSSR count). The van der Waals surface area contributed by atoms with Gasteiger partial charge in [0.15, 0.2) is 0 Å². The first kappa shape index (κ1) is 15.1. The lowest BCUT2D eigenvalue weighted by atomic mass is 10.1. The van der Waals surface area contributed by atoms with Gasteiger partial charge >= 0.3 is 6.36 Å². The third-order valence-electron chi connectivity index (χ3n) is 2.58. The van der Waals surface area contributed by atoms with E-state index in [1.54, 1.807) is 19.1 Å². The Morgan fingerprint density at radius 3 is 2.57 bits per heavy atom. The number of hydrogen-bond acceptors (Lipinski definition) is 4. The minimum atomic E-state index is -4.75. The fraction of sp³-hybridized carbons (Fsp3) is 0.286. The van der Waals surface area contributed by atoms with Gasteiger partial charge in [-0.25, -0.2) is 9.97 Å². The Morgan fingerprint density at radius 2 is 1.90 bits per heavy atom. The highest BCUT2D eigenvalue weighted by molar-refractivity contribution is 5.68. The summed E-state index contributed by atoms with van der Waals surface area (Å²) in [7, 11) is 0. The van der Waals surface area contributed by atoms with Gasteiger partial charge in [-0.05, 0) is 32.0 Å². The van der Waals surface area contributed by atoms with Crippen LogP contribution in [-0.4, -0.2) is 22.9 Å². The second-order valence-electron chi connectivity index (χ2n) is 4.29. The van der Waals surface area contributed by atoms with Gasteiger partial charge in [0.05, 0.1) is 5.69 Å². The molecular weight excluding hydrogens is 283 g/mol. The van der Waals surface area contributed by atoms with Crippen LogP contribution in [0.2, 0.25) is 0 Å². The lowest BCUT2D eigenvalue weighted by Gasteiger charge is -2.13. The number of rotatable bonds is 4. The Hall–Kier alpha value is -2.31. The minimum Gasteiger partial charge on any atom is -0.405 e. The summed E-state index contributed by atoms with van der Waals surface area (Å²) in [5, 5.41) is 2.94. The molecule has 0 unspecified atom stereocenters. The van der Waals surface area contributed by atoms with Gasteiger partial charge in [0.1, 0.15) is 5.75 Å². The van der Waals surface area contributed by atoms with E-state index in [4.69, 9.17) is 0 Å². The summed E-state index contributed by atoms with van der Waals surface area (Å²) in [5.41, 5.74) is 1.29. The first-order chi connectivity index (χ1) is 9.89. The molecule has 0 aliphatic heterocycles. The van der Waals surface area contributed by atoms with E-state index in [1.807, 2.05) is 6.92 Å². The zero-order valence-corrected chi connectivity index (χ0v) is 11.5. The quantitative estimate of drug-likeness (QED) is 0.933. The van der Waals surface area contributed by atoms with Crippen molar-refractivity contribution < 1.29 is 17.9 Å². The SMILES string of the molecule is CCNc1nc(C)cc(-c2ccccc2OC(F)(F)F)n1. The molecule has 4 nitrogen and oxygen atoms in total. The van der Waals surface area contributed by atoms with Gasteiger partial charge in [0.25, 0.3) is 0 Å². The maximum absolute atomic E-state index is 12.4. The summed E-state index contributed by atoms with van der Waals surface area (Å²) in [5.74, 6) is 0.0832. The molecule has 1 aromatic carbocycles. The fourth-order valence-electron chi connectivity index (χ4n) is 1.84. The number of aromatic nitrogens is 2. The smallest absolute Gasteiger partial charge is 0.405 e. The Morgan fingerprint density at radius 1 is 1.19 bits per heavy atom. The van der Waals surface area contributed by atoms with Crippen LogP contribution in [0.1, 0.15) is 12.6 Å². The van der Waals surface area contributed by atoms with Gasteiger partial charge in [-0.15, -0.1) is 13.2 Å². The third kappa shape index (κ3) is 4.08. The van der Waals surface area contributed by atoms with Crippen LogP contribution in [0.5, 0.6) is 5.75 Å². The number of anilines is 1. The number of alkyl halides is 3. The number of aryl methyl sites for hydroxylation is 1. The van der Waals surface area contributed by atoms with E-state index in [0.717, 1.165) is 0 Å². The second-order valence-corrected chi connectivity index (χ2v) is 4.29. The molecule has 1 heterocycles. The van der Waals surface area contributed by atoms with E-state index in [9.17, 15) is 13.2 Å². The molecule has 0 aliphatic rings. The summed E-state index contributed by atoms with van der Waals surface area (Å²) in [6, 6.07) is 7.50. The summed E-state index contributed by atoms with van der Waals surface area (Å²) >= 11 is 0. The second kappa shape index (κ2) is 5.99. The predicted octanol–water partition coefficient (Wildman–Crippen LogP) is 3.78. The molecule has 2 aromatic rings. The lowest BCUT2D eigenvalue weighted by Crippen LogP contribution is -2.17. The summed E-state index contributed by atoms with van der Waals surface area (Å²) in [6.07, 6.45) is -4.75. The van der Waals surface area contributed by atoms with Crippen molar-refractivity contribution in [1.29, 1.82) is 0 Å². The topological polar surface area (TPSA) is 47.0 Å². The molecule has 7 heteroatoms. The standard InChI is InChI=1S/C14H14F3N3O/c1-3-18-13-19-9(2)8-11(20-13)10-6-4-5-7-12(10)21-14(15,16)17/h4-8H,3H2,1-2H3,(H,18,19,20). The van der Waals surface area contributed by atoms with E-state index in [0.29, 0.717) is 23.9 Å². The first-order valence-corrected chi connectivity index (χ1v) is 6.33. The summed E-state index contributed by atoms with van der Waals surface area (Å²) < 4.78 is 41.4. The van der Waals surface area contributed by atoms with Gasteiger partial charge in [0, 0.05) is 17.8 Å². The monoisotopic (exact) mass is 297 g/mol. The number of ether oxygens (including phenoxy) is 1. The van der Waals surface area contributed by atoms with Gasteiger partial charge in [-0.1, -0.05) is 12.1 Å². The van der Waals surface area contributed by atoms with Crippen LogP contribution in [-0.2, 0) is 0 Å². The van der Waals surface area contributed by atoms with Crippen molar-refractivity contribution in [3.05, 3.63) is 36.0 Å². The van der Waals surface area contributed by atoms with Crippen LogP contribution in [0, 0.1) is 6.92 Å². The van der Waals surface area contributed by atoms with E-state index in [-0.39, 0.29) is 11.3 Å². The molecule has 21 heavy (non-hydrogen) atoms. The number of nitrogens with one attached hydrogen (secondary N) is 1. The van der Waals surface area contributed by atoms with Crippen molar-refractivity contribution in [2.45, 2.75) is 20.2 Å². The van der Waals surface area contributed by atoms with Gasteiger partial charge in [0.2, 0.25) is 5.95 Å². The van der Waals surface area contributed by atoms with Crippen LogP contribution >= 0.6 is 0 Å². The highest BCUT2D eigenvalue weighted by Gasteiger charge is 2.32.